The van der Waals surface area contributed by atoms with Gasteiger partial charge in [0.15, 0.2) is 0 Å². The van der Waals surface area contributed by atoms with Gasteiger partial charge in [-0.1, -0.05) is 32.0 Å². The largest absolute Gasteiger partial charge is 0.382 e. The zero-order valence-electron chi connectivity index (χ0n) is 9.92. The van der Waals surface area contributed by atoms with E-state index < -0.39 is 0 Å². The van der Waals surface area contributed by atoms with E-state index in [1.807, 2.05) is 6.07 Å². The second-order valence-electron chi connectivity index (χ2n) is 3.75. The summed E-state index contributed by atoms with van der Waals surface area (Å²) in [5.41, 5.74) is 2.43. The number of anilines is 1. The molecule has 0 saturated heterocycles. The van der Waals surface area contributed by atoms with E-state index in [-0.39, 0.29) is 0 Å². The van der Waals surface area contributed by atoms with E-state index in [0.717, 1.165) is 12.8 Å². The van der Waals surface area contributed by atoms with Crippen molar-refractivity contribution in [2.24, 2.45) is 0 Å². The Labute approximate surface area is 92.6 Å². The summed E-state index contributed by atoms with van der Waals surface area (Å²) in [6.45, 7) is 5.09. The Bertz CT molecular complexity index is 282. The van der Waals surface area contributed by atoms with Crippen molar-refractivity contribution in [3.05, 3.63) is 29.8 Å². The minimum atomic E-state index is 0.558. The van der Waals surface area contributed by atoms with Crippen molar-refractivity contribution in [1.29, 1.82) is 0 Å². The highest BCUT2D eigenvalue weighted by atomic mass is 16.5. The Morgan fingerprint density at radius 3 is 2.47 bits per heavy atom. The molecular weight excluding hydrogens is 186 g/mol. The lowest BCUT2D eigenvalue weighted by Gasteiger charge is -2.18. The molecule has 0 atom stereocenters. The molecule has 1 aromatic rings. The Morgan fingerprint density at radius 1 is 1.20 bits per heavy atom. The third-order valence-corrected chi connectivity index (χ3v) is 2.66. The van der Waals surface area contributed by atoms with Gasteiger partial charge in [-0.25, -0.2) is 0 Å². The molecule has 0 saturated carbocycles. The van der Waals surface area contributed by atoms with Gasteiger partial charge in [0.1, 0.15) is 0 Å². The first kappa shape index (κ1) is 12.1. The maximum absolute atomic E-state index is 5.18. The average Bonchev–Trinajstić information content (AvgIpc) is 2.28. The van der Waals surface area contributed by atoms with E-state index in [1.54, 1.807) is 7.11 Å². The Morgan fingerprint density at radius 2 is 1.87 bits per heavy atom. The minimum Gasteiger partial charge on any atom is -0.382 e. The van der Waals surface area contributed by atoms with E-state index in [2.05, 4.69) is 37.4 Å². The predicted octanol–water partition coefficient (Wildman–Crippen LogP) is 3.43. The van der Waals surface area contributed by atoms with Crippen LogP contribution in [0.2, 0.25) is 0 Å². The van der Waals surface area contributed by atoms with Gasteiger partial charge in [-0.05, 0) is 18.9 Å². The summed E-state index contributed by atoms with van der Waals surface area (Å²) in [5, 5.41) is 3.55. The number of hydrogen-bond acceptors (Lipinski definition) is 2. The van der Waals surface area contributed by atoms with Gasteiger partial charge in [0, 0.05) is 24.4 Å². The van der Waals surface area contributed by atoms with Crippen LogP contribution in [0.25, 0.3) is 0 Å². The number of benzene rings is 1. The van der Waals surface area contributed by atoms with Crippen LogP contribution in [0.15, 0.2) is 24.3 Å². The average molecular weight is 207 g/mol. The summed E-state index contributed by atoms with van der Waals surface area (Å²) in [4.78, 5) is 0. The molecule has 0 spiro atoms. The summed E-state index contributed by atoms with van der Waals surface area (Å²) < 4.78 is 5.18. The molecule has 0 aliphatic rings. The van der Waals surface area contributed by atoms with Crippen molar-refractivity contribution < 1.29 is 4.74 Å². The van der Waals surface area contributed by atoms with Crippen molar-refractivity contribution >= 4 is 5.69 Å². The highest BCUT2D eigenvalue weighted by Crippen LogP contribution is 2.18. The fourth-order valence-electron chi connectivity index (χ4n) is 1.66. The molecule has 0 aliphatic carbocycles. The lowest BCUT2D eigenvalue weighted by molar-refractivity contribution is 0.185. The van der Waals surface area contributed by atoms with Crippen LogP contribution >= 0.6 is 0 Å². The number of ether oxygens (including phenoxy) is 1. The van der Waals surface area contributed by atoms with Crippen molar-refractivity contribution in [2.45, 2.75) is 39.3 Å². The second kappa shape index (κ2) is 6.46. The number of nitrogens with one attached hydrogen (secondary N) is 1. The Balaban J connectivity index is 2.73. The zero-order valence-corrected chi connectivity index (χ0v) is 9.92. The first-order chi connectivity index (χ1) is 7.31. The number of hydrogen-bond donors (Lipinski definition) is 1. The van der Waals surface area contributed by atoms with Crippen LogP contribution in [0.5, 0.6) is 0 Å². The molecule has 0 radical (unpaired) electrons. The summed E-state index contributed by atoms with van der Waals surface area (Å²) in [6, 6.07) is 8.89. The van der Waals surface area contributed by atoms with Gasteiger partial charge in [-0.2, -0.15) is 0 Å². The van der Waals surface area contributed by atoms with Crippen LogP contribution in [0.3, 0.4) is 0 Å². The van der Waals surface area contributed by atoms with Gasteiger partial charge in [0.25, 0.3) is 0 Å². The lowest BCUT2D eigenvalue weighted by Crippen LogP contribution is -2.18. The molecule has 2 heteroatoms. The standard InChI is InChI=1S/C13H21NO/c1-4-12(5-2)14-13-9-7-6-8-11(13)10-15-3/h6-9,12,14H,4-5,10H2,1-3H3. The quantitative estimate of drug-likeness (QED) is 0.771. The van der Waals surface area contributed by atoms with Gasteiger partial charge in [0.2, 0.25) is 0 Å². The number of methoxy groups -OCH3 is 1. The first-order valence-electron chi connectivity index (χ1n) is 5.65. The zero-order chi connectivity index (χ0) is 11.1. The monoisotopic (exact) mass is 207 g/mol. The van der Waals surface area contributed by atoms with Gasteiger partial charge >= 0.3 is 0 Å². The van der Waals surface area contributed by atoms with E-state index in [4.69, 9.17) is 4.74 Å². The van der Waals surface area contributed by atoms with Gasteiger partial charge in [-0.15, -0.1) is 0 Å². The maximum atomic E-state index is 5.18. The summed E-state index contributed by atoms with van der Waals surface area (Å²) in [6.07, 6.45) is 2.30. The fourth-order valence-corrected chi connectivity index (χ4v) is 1.66. The molecule has 1 rings (SSSR count). The van der Waals surface area contributed by atoms with Crippen molar-refractivity contribution in [1.82, 2.24) is 0 Å². The predicted molar refractivity (Wildman–Crippen MR) is 65.1 cm³/mol. The molecule has 0 heterocycles. The third-order valence-electron chi connectivity index (χ3n) is 2.66. The van der Waals surface area contributed by atoms with Gasteiger partial charge in [-0.3, -0.25) is 0 Å². The van der Waals surface area contributed by atoms with E-state index >= 15 is 0 Å². The van der Waals surface area contributed by atoms with Gasteiger partial charge in [0.05, 0.1) is 6.61 Å². The molecule has 1 N–H and O–H groups in total. The molecular formula is C13H21NO. The molecule has 15 heavy (non-hydrogen) atoms. The Hall–Kier alpha value is -1.02. The molecule has 0 bridgehead atoms. The van der Waals surface area contributed by atoms with Gasteiger partial charge < -0.3 is 10.1 Å². The van der Waals surface area contributed by atoms with Crippen molar-refractivity contribution in [3.8, 4) is 0 Å². The van der Waals surface area contributed by atoms with E-state index in [1.165, 1.54) is 11.3 Å². The summed E-state index contributed by atoms with van der Waals surface area (Å²) >= 11 is 0. The summed E-state index contributed by atoms with van der Waals surface area (Å²) in [7, 11) is 1.73. The highest BCUT2D eigenvalue weighted by molar-refractivity contribution is 5.51. The molecule has 0 aliphatic heterocycles. The fraction of sp³-hybridized carbons (Fsp3) is 0.538. The molecule has 2 nitrogen and oxygen atoms in total. The SMILES string of the molecule is CCC(CC)Nc1ccccc1COC. The van der Waals surface area contributed by atoms with Crippen LogP contribution in [0.1, 0.15) is 32.3 Å². The van der Waals surface area contributed by atoms with Crippen LogP contribution in [0, 0.1) is 0 Å². The van der Waals surface area contributed by atoms with Crippen molar-refractivity contribution in [3.63, 3.8) is 0 Å². The normalized spacial score (nSPS) is 10.7. The van der Waals surface area contributed by atoms with Crippen LogP contribution < -0.4 is 5.32 Å². The molecule has 0 amide bonds. The number of para-hydroxylation sites is 1. The topological polar surface area (TPSA) is 21.3 Å². The maximum Gasteiger partial charge on any atom is 0.0733 e. The third kappa shape index (κ3) is 3.56. The first-order valence-corrected chi connectivity index (χ1v) is 5.65. The molecule has 0 unspecified atom stereocenters. The van der Waals surface area contributed by atoms with Crippen LogP contribution in [-0.2, 0) is 11.3 Å². The molecule has 0 aromatic heterocycles. The van der Waals surface area contributed by atoms with Crippen LogP contribution in [-0.4, -0.2) is 13.2 Å². The molecule has 0 fully saturated rings. The van der Waals surface area contributed by atoms with E-state index in [0.29, 0.717) is 12.6 Å². The Kier molecular flexibility index (Phi) is 5.19. The van der Waals surface area contributed by atoms with Crippen molar-refractivity contribution in [2.75, 3.05) is 12.4 Å². The molecule has 84 valence electrons. The summed E-state index contributed by atoms with van der Waals surface area (Å²) in [5.74, 6) is 0. The van der Waals surface area contributed by atoms with E-state index in [9.17, 15) is 0 Å². The minimum absolute atomic E-state index is 0.558. The highest BCUT2D eigenvalue weighted by Gasteiger charge is 2.06. The lowest BCUT2D eigenvalue weighted by atomic mass is 10.1. The second-order valence-corrected chi connectivity index (χ2v) is 3.75. The number of rotatable bonds is 6. The molecule has 1 aromatic carbocycles. The van der Waals surface area contributed by atoms with Crippen LogP contribution in [0.4, 0.5) is 5.69 Å². The smallest absolute Gasteiger partial charge is 0.0733 e.